The molecule has 2 heterocycles. The molecular weight excluding hydrogens is 380 g/mol. The van der Waals surface area contributed by atoms with Gasteiger partial charge in [-0.15, -0.1) is 0 Å². The van der Waals surface area contributed by atoms with E-state index in [9.17, 15) is 10.1 Å². The van der Waals surface area contributed by atoms with Gasteiger partial charge in [0.15, 0.2) is 11.7 Å². The molecule has 1 aliphatic carbocycles. The molecule has 1 aromatic heterocycles. The zero-order valence-electron chi connectivity index (χ0n) is 17.6. The Bertz CT molecular complexity index is 941. The lowest BCUT2D eigenvalue weighted by Gasteiger charge is -2.37. The standard InChI is InChI=1S/C23H28N4O3/c1-15-13-27(14-16(2)29-15)22-21(25-19-10-6-7-11-20(19)26-22)18(12-24)23(28)30-17-8-4-3-5-9-17/h6-7,10-11,15-18H,3-5,8-9,13-14H2,1-2H3/t15-,16+,18-/m1/s1. The lowest BCUT2D eigenvalue weighted by atomic mass is 9.97. The first-order chi connectivity index (χ1) is 14.5. The van der Waals surface area contributed by atoms with Gasteiger partial charge >= 0.3 is 5.97 Å². The summed E-state index contributed by atoms with van der Waals surface area (Å²) in [4.78, 5) is 24.6. The fourth-order valence-electron chi connectivity index (χ4n) is 4.42. The monoisotopic (exact) mass is 408 g/mol. The topological polar surface area (TPSA) is 88.3 Å². The molecule has 2 aliphatic rings. The number of rotatable bonds is 4. The summed E-state index contributed by atoms with van der Waals surface area (Å²) >= 11 is 0. The van der Waals surface area contributed by atoms with Gasteiger partial charge in [0, 0.05) is 13.1 Å². The summed E-state index contributed by atoms with van der Waals surface area (Å²) in [5.74, 6) is -1.06. The second kappa shape index (κ2) is 8.97. The number of carbonyl (C=O) groups is 1. The smallest absolute Gasteiger partial charge is 0.329 e. The lowest BCUT2D eigenvalue weighted by molar-refractivity contribution is -0.150. The highest BCUT2D eigenvalue weighted by atomic mass is 16.5. The predicted octanol–water partition coefficient (Wildman–Crippen LogP) is 3.73. The van der Waals surface area contributed by atoms with E-state index in [-0.39, 0.29) is 18.3 Å². The molecule has 1 saturated heterocycles. The van der Waals surface area contributed by atoms with Gasteiger partial charge in [-0.1, -0.05) is 18.6 Å². The van der Waals surface area contributed by atoms with E-state index in [2.05, 4.69) is 11.0 Å². The van der Waals surface area contributed by atoms with Crippen LogP contribution in [0.5, 0.6) is 0 Å². The Morgan fingerprint density at radius 2 is 1.77 bits per heavy atom. The molecule has 30 heavy (non-hydrogen) atoms. The van der Waals surface area contributed by atoms with Crippen molar-refractivity contribution in [1.82, 2.24) is 9.97 Å². The number of hydrogen-bond donors (Lipinski definition) is 0. The zero-order valence-corrected chi connectivity index (χ0v) is 17.6. The predicted molar refractivity (Wildman–Crippen MR) is 113 cm³/mol. The Balaban J connectivity index is 1.71. The van der Waals surface area contributed by atoms with E-state index >= 15 is 0 Å². The first-order valence-corrected chi connectivity index (χ1v) is 10.8. The van der Waals surface area contributed by atoms with Crippen LogP contribution in [0.4, 0.5) is 5.82 Å². The third kappa shape index (κ3) is 4.39. The van der Waals surface area contributed by atoms with Crippen molar-refractivity contribution in [3.8, 4) is 6.07 Å². The molecule has 4 rings (SSSR count). The summed E-state index contributed by atoms with van der Waals surface area (Å²) in [6, 6.07) is 9.66. The van der Waals surface area contributed by atoms with Crippen molar-refractivity contribution in [3.05, 3.63) is 30.0 Å². The summed E-state index contributed by atoms with van der Waals surface area (Å²) in [7, 11) is 0. The minimum atomic E-state index is -1.10. The minimum absolute atomic E-state index is 0.0181. The van der Waals surface area contributed by atoms with Crippen LogP contribution in [0, 0.1) is 11.3 Å². The number of fused-ring (bicyclic) bond motifs is 1. The Morgan fingerprint density at radius 1 is 1.13 bits per heavy atom. The van der Waals surface area contributed by atoms with E-state index in [1.54, 1.807) is 0 Å². The second-order valence-electron chi connectivity index (χ2n) is 8.34. The highest BCUT2D eigenvalue weighted by Gasteiger charge is 2.34. The molecule has 0 amide bonds. The molecule has 0 spiro atoms. The molecule has 3 atom stereocenters. The van der Waals surface area contributed by atoms with Crippen LogP contribution in [-0.4, -0.2) is 47.3 Å². The highest BCUT2D eigenvalue weighted by molar-refractivity contribution is 5.85. The molecule has 1 aromatic carbocycles. The van der Waals surface area contributed by atoms with Gasteiger partial charge < -0.3 is 14.4 Å². The number of carbonyl (C=O) groups excluding carboxylic acids is 1. The molecule has 2 fully saturated rings. The van der Waals surface area contributed by atoms with Gasteiger partial charge in [-0.3, -0.25) is 4.79 Å². The van der Waals surface area contributed by atoms with Crippen LogP contribution in [0.1, 0.15) is 57.6 Å². The van der Waals surface area contributed by atoms with Crippen LogP contribution in [-0.2, 0) is 14.3 Å². The van der Waals surface area contributed by atoms with Gasteiger partial charge in [0.25, 0.3) is 0 Å². The SMILES string of the molecule is C[C@@H]1CN(c2nc3ccccc3nc2[C@@H](C#N)C(=O)OC2CCCCC2)C[C@H](C)O1. The molecule has 0 radical (unpaired) electrons. The number of nitriles is 1. The Kier molecular flexibility index (Phi) is 6.14. The van der Waals surface area contributed by atoms with Crippen LogP contribution in [0.2, 0.25) is 0 Å². The maximum absolute atomic E-state index is 13.0. The van der Waals surface area contributed by atoms with Crippen LogP contribution in [0.25, 0.3) is 11.0 Å². The van der Waals surface area contributed by atoms with Crippen LogP contribution in [0.3, 0.4) is 0 Å². The number of benzene rings is 1. The van der Waals surface area contributed by atoms with Gasteiger partial charge in [-0.05, 0) is 51.7 Å². The Morgan fingerprint density at radius 3 is 2.40 bits per heavy atom. The van der Waals surface area contributed by atoms with Crippen molar-refractivity contribution in [2.75, 3.05) is 18.0 Å². The number of esters is 1. The molecule has 2 aromatic rings. The number of nitrogens with zero attached hydrogens (tertiary/aromatic N) is 4. The number of aromatic nitrogens is 2. The Hall–Kier alpha value is -2.72. The van der Waals surface area contributed by atoms with E-state index in [1.807, 2.05) is 38.1 Å². The molecule has 0 unspecified atom stereocenters. The quantitative estimate of drug-likeness (QED) is 0.712. The second-order valence-corrected chi connectivity index (χ2v) is 8.34. The van der Waals surface area contributed by atoms with Gasteiger partial charge in [0.1, 0.15) is 11.8 Å². The number of hydrogen-bond acceptors (Lipinski definition) is 7. The average Bonchev–Trinajstić information content (AvgIpc) is 2.74. The molecular formula is C23H28N4O3. The fraction of sp³-hybridized carbons (Fsp3) is 0.565. The van der Waals surface area contributed by atoms with Gasteiger partial charge in [0.2, 0.25) is 0 Å². The van der Waals surface area contributed by atoms with E-state index in [1.165, 1.54) is 6.42 Å². The van der Waals surface area contributed by atoms with E-state index in [0.29, 0.717) is 30.1 Å². The van der Waals surface area contributed by atoms with E-state index in [4.69, 9.17) is 19.4 Å². The maximum atomic E-state index is 13.0. The molecule has 0 N–H and O–H groups in total. The fourth-order valence-corrected chi connectivity index (χ4v) is 4.42. The highest BCUT2D eigenvalue weighted by Crippen LogP contribution is 2.31. The largest absolute Gasteiger partial charge is 0.461 e. The van der Waals surface area contributed by atoms with E-state index < -0.39 is 11.9 Å². The third-order valence-electron chi connectivity index (χ3n) is 5.77. The van der Waals surface area contributed by atoms with Crippen molar-refractivity contribution in [1.29, 1.82) is 5.26 Å². The zero-order chi connectivity index (χ0) is 21.1. The van der Waals surface area contributed by atoms with Gasteiger partial charge in [0.05, 0.1) is 29.3 Å². The average molecular weight is 409 g/mol. The lowest BCUT2D eigenvalue weighted by Crippen LogP contribution is -2.46. The number of morpholine rings is 1. The summed E-state index contributed by atoms with van der Waals surface area (Å²) in [5, 5.41) is 9.92. The molecule has 1 saturated carbocycles. The summed E-state index contributed by atoms with van der Waals surface area (Å²) in [6.45, 7) is 5.27. The first-order valence-electron chi connectivity index (χ1n) is 10.8. The van der Waals surface area contributed by atoms with Gasteiger partial charge in [-0.25, -0.2) is 9.97 Å². The minimum Gasteiger partial charge on any atom is -0.461 e. The van der Waals surface area contributed by atoms with Crippen molar-refractivity contribution in [2.45, 2.75) is 70.2 Å². The maximum Gasteiger partial charge on any atom is 0.329 e. The van der Waals surface area contributed by atoms with Gasteiger partial charge in [-0.2, -0.15) is 5.26 Å². The molecule has 7 nitrogen and oxygen atoms in total. The van der Waals surface area contributed by atoms with Crippen molar-refractivity contribution < 1.29 is 14.3 Å². The number of anilines is 1. The van der Waals surface area contributed by atoms with Crippen molar-refractivity contribution >= 4 is 22.8 Å². The van der Waals surface area contributed by atoms with Crippen LogP contribution >= 0.6 is 0 Å². The third-order valence-corrected chi connectivity index (χ3v) is 5.77. The molecule has 7 heteroatoms. The summed E-state index contributed by atoms with van der Waals surface area (Å²) < 4.78 is 11.6. The summed E-state index contributed by atoms with van der Waals surface area (Å²) in [5.41, 5.74) is 1.77. The number of para-hydroxylation sites is 2. The normalized spacial score (nSPS) is 23.7. The number of ether oxygens (including phenoxy) is 2. The van der Waals surface area contributed by atoms with Crippen molar-refractivity contribution in [3.63, 3.8) is 0 Å². The van der Waals surface area contributed by atoms with Crippen LogP contribution < -0.4 is 4.90 Å². The van der Waals surface area contributed by atoms with E-state index in [0.717, 1.165) is 31.2 Å². The van der Waals surface area contributed by atoms with Crippen LogP contribution in [0.15, 0.2) is 24.3 Å². The molecule has 158 valence electrons. The molecule has 1 aliphatic heterocycles. The molecule has 0 bridgehead atoms. The first kappa shape index (κ1) is 20.5. The summed E-state index contributed by atoms with van der Waals surface area (Å²) in [6.07, 6.45) is 4.93. The Labute approximate surface area is 177 Å². The van der Waals surface area contributed by atoms with Crippen molar-refractivity contribution in [2.24, 2.45) is 0 Å².